The van der Waals surface area contributed by atoms with Gasteiger partial charge in [-0.3, -0.25) is 0 Å². The molecule has 0 aliphatic carbocycles. The fourth-order valence-electron chi connectivity index (χ4n) is 2.86. The Balaban J connectivity index is 1.96. The zero-order chi connectivity index (χ0) is 17.2. The smallest absolute Gasteiger partial charge is 0.160 e. The maximum absolute atomic E-state index is 4.66. The maximum Gasteiger partial charge on any atom is 0.160 e. The predicted molar refractivity (Wildman–Crippen MR) is 106 cm³/mol. The van der Waals surface area contributed by atoms with Gasteiger partial charge in [-0.05, 0) is 48.9 Å². The Morgan fingerprint density at radius 2 is 1.46 bits per heavy atom. The van der Waals surface area contributed by atoms with E-state index in [-0.39, 0.29) is 0 Å². The Morgan fingerprint density at radius 1 is 0.792 bits per heavy atom. The second-order valence-electron chi connectivity index (χ2n) is 6.53. The molecule has 0 atom stereocenters. The van der Waals surface area contributed by atoms with Gasteiger partial charge in [-0.15, -0.1) is 12.6 Å². The summed E-state index contributed by atoms with van der Waals surface area (Å²) < 4.78 is 0. The third kappa shape index (κ3) is 5.94. The number of unbranched alkanes of at least 4 members (excludes halogenated alkanes) is 5. The lowest BCUT2D eigenvalue weighted by Crippen LogP contribution is -1.95. The monoisotopic (exact) mass is 342 g/mol. The Morgan fingerprint density at radius 3 is 2.12 bits per heavy atom. The molecule has 0 aliphatic rings. The van der Waals surface area contributed by atoms with Gasteiger partial charge in [0.1, 0.15) is 0 Å². The summed E-state index contributed by atoms with van der Waals surface area (Å²) in [6.45, 7) is 4.46. The SMILES string of the molecule is CCCCCCCc1ccc(-c2ncc(CCCC)cn2)c(S)c1. The molecule has 0 saturated carbocycles. The highest BCUT2D eigenvalue weighted by atomic mass is 32.1. The number of benzene rings is 1. The van der Waals surface area contributed by atoms with Crippen LogP contribution in [0.3, 0.4) is 0 Å². The van der Waals surface area contributed by atoms with Crippen LogP contribution in [0.5, 0.6) is 0 Å². The van der Waals surface area contributed by atoms with Gasteiger partial charge in [0.15, 0.2) is 5.82 Å². The lowest BCUT2D eigenvalue weighted by Gasteiger charge is -2.08. The standard InChI is InChI=1S/C21H30N2S/c1-3-5-7-8-9-11-17-12-13-19(20(24)14-17)21-22-15-18(16-23-21)10-6-4-2/h12-16,24H,3-11H2,1-2H3. The van der Waals surface area contributed by atoms with Crippen LogP contribution < -0.4 is 0 Å². The largest absolute Gasteiger partial charge is 0.236 e. The van der Waals surface area contributed by atoms with Crippen LogP contribution in [0.4, 0.5) is 0 Å². The van der Waals surface area contributed by atoms with Crippen molar-refractivity contribution in [2.45, 2.75) is 76.5 Å². The average Bonchev–Trinajstić information content (AvgIpc) is 2.60. The molecule has 0 N–H and O–H groups in total. The average molecular weight is 343 g/mol. The molecule has 0 spiro atoms. The van der Waals surface area contributed by atoms with E-state index in [9.17, 15) is 0 Å². The summed E-state index contributed by atoms with van der Waals surface area (Å²) in [5.74, 6) is 0.773. The second-order valence-corrected chi connectivity index (χ2v) is 7.02. The van der Waals surface area contributed by atoms with E-state index in [0.717, 1.165) is 29.1 Å². The third-order valence-corrected chi connectivity index (χ3v) is 4.77. The number of aryl methyl sites for hydroxylation is 2. The maximum atomic E-state index is 4.66. The molecule has 1 aromatic heterocycles. The van der Waals surface area contributed by atoms with Crippen molar-refractivity contribution < 1.29 is 0 Å². The third-order valence-electron chi connectivity index (χ3n) is 4.40. The molecule has 130 valence electrons. The first-order chi connectivity index (χ1) is 11.7. The zero-order valence-electron chi connectivity index (χ0n) is 15.1. The number of thiol groups is 1. The summed E-state index contributed by atoms with van der Waals surface area (Å²) in [5, 5.41) is 0. The summed E-state index contributed by atoms with van der Waals surface area (Å²) in [4.78, 5) is 10.0. The predicted octanol–water partition coefficient (Wildman–Crippen LogP) is 6.29. The van der Waals surface area contributed by atoms with E-state index < -0.39 is 0 Å². The topological polar surface area (TPSA) is 25.8 Å². The van der Waals surface area contributed by atoms with Crippen LogP contribution in [0.1, 0.15) is 69.9 Å². The first kappa shape index (κ1) is 19.0. The molecule has 0 amide bonds. The fraction of sp³-hybridized carbons (Fsp3) is 0.524. The molecule has 0 bridgehead atoms. The summed E-state index contributed by atoms with van der Waals surface area (Å²) in [6, 6.07) is 6.49. The van der Waals surface area contributed by atoms with E-state index in [1.807, 2.05) is 12.4 Å². The van der Waals surface area contributed by atoms with Crippen molar-refractivity contribution in [3.8, 4) is 11.4 Å². The van der Waals surface area contributed by atoms with Crippen LogP contribution in [-0.2, 0) is 12.8 Å². The lowest BCUT2D eigenvalue weighted by molar-refractivity contribution is 0.632. The van der Waals surface area contributed by atoms with Crippen molar-refractivity contribution in [1.82, 2.24) is 9.97 Å². The van der Waals surface area contributed by atoms with Crippen molar-refractivity contribution in [3.05, 3.63) is 41.7 Å². The van der Waals surface area contributed by atoms with Gasteiger partial charge in [0.05, 0.1) is 0 Å². The van der Waals surface area contributed by atoms with Crippen LogP contribution in [-0.4, -0.2) is 9.97 Å². The van der Waals surface area contributed by atoms with Gasteiger partial charge in [-0.1, -0.05) is 52.0 Å². The molecule has 0 radical (unpaired) electrons. The highest BCUT2D eigenvalue weighted by Crippen LogP contribution is 2.25. The molecule has 2 aromatic rings. The van der Waals surface area contributed by atoms with Gasteiger partial charge in [0.25, 0.3) is 0 Å². The minimum Gasteiger partial charge on any atom is -0.236 e. The Hall–Kier alpha value is -1.35. The molecule has 0 unspecified atom stereocenters. The summed E-state index contributed by atoms with van der Waals surface area (Å²) in [7, 11) is 0. The van der Waals surface area contributed by atoms with Crippen molar-refractivity contribution >= 4 is 12.6 Å². The molecular formula is C21H30N2S. The van der Waals surface area contributed by atoms with E-state index in [1.54, 1.807) is 0 Å². The van der Waals surface area contributed by atoms with Gasteiger partial charge in [-0.2, -0.15) is 0 Å². The summed E-state index contributed by atoms with van der Waals surface area (Å²) in [6.07, 6.45) is 15.1. The summed E-state index contributed by atoms with van der Waals surface area (Å²) >= 11 is 4.66. The first-order valence-corrected chi connectivity index (χ1v) is 9.82. The van der Waals surface area contributed by atoms with Crippen molar-refractivity contribution in [1.29, 1.82) is 0 Å². The van der Waals surface area contributed by atoms with Crippen molar-refractivity contribution in [2.75, 3.05) is 0 Å². The van der Waals surface area contributed by atoms with Crippen LogP contribution in [0.2, 0.25) is 0 Å². The molecule has 0 aliphatic heterocycles. The molecule has 0 saturated heterocycles. The normalized spacial score (nSPS) is 11.0. The second kappa shape index (κ2) is 10.5. The molecule has 2 rings (SSSR count). The minimum absolute atomic E-state index is 0.773. The number of rotatable bonds is 10. The lowest BCUT2D eigenvalue weighted by atomic mass is 10.0. The number of hydrogen-bond acceptors (Lipinski definition) is 3. The minimum atomic E-state index is 0.773. The van der Waals surface area contributed by atoms with Crippen molar-refractivity contribution in [2.24, 2.45) is 0 Å². The van der Waals surface area contributed by atoms with E-state index in [2.05, 4.69) is 54.6 Å². The fourth-order valence-corrected chi connectivity index (χ4v) is 3.20. The molecule has 2 nitrogen and oxygen atoms in total. The Labute approximate surface area is 152 Å². The number of hydrogen-bond donors (Lipinski definition) is 1. The Kier molecular flexibility index (Phi) is 8.31. The Bertz CT molecular complexity index is 608. The highest BCUT2D eigenvalue weighted by molar-refractivity contribution is 7.80. The van der Waals surface area contributed by atoms with Crippen LogP contribution in [0, 0.1) is 0 Å². The molecule has 1 heterocycles. The molecule has 1 aromatic carbocycles. The van der Waals surface area contributed by atoms with Gasteiger partial charge in [0, 0.05) is 22.9 Å². The van der Waals surface area contributed by atoms with Gasteiger partial charge in [0.2, 0.25) is 0 Å². The molecule has 0 fully saturated rings. The zero-order valence-corrected chi connectivity index (χ0v) is 16.0. The van der Waals surface area contributed by atoms with E-state index >= 15 is 0 Å². The van der Waals surface area contributed by atoms with Gasteiger partial charge >= 0.3 is 0 Å². The molecule has 24 heavy (non-hydrogen) atoms. The number of nitrogens with zero attached hydrogens (tertiary/aromatic N) is 2. The van der Waals surface area contributed by atoms with E-state index in [0.29, 0.717) is 0 Å². The summed E-state index contributed by atoms with van der Waals surface area (Å²) in [5.41, 5.74) is 3.60. The van der Waals surface area contributed by atoms with Gasteiger partial charge in [-0.25, -0.2) is 9.97 Å². The van der Waals surface area contributed by atoms with Crippen LogP contribution in [0.15, 0.2) is 35.5 Å². The molecule has 3 heteroatoms. The first-order valence-electron chi connectivity index (χ1n) is 9.37. The number of aromatic nitrogens is 2. The highest BCUT2D eigenvalue weighted by Gasteiger charge is 2.07. The quantitative estimate of drug-likeness (QED) is 0.405. The van der Waals surface area contributed by atoms with Crippen molar-refractivity contribution in [3.63, 3.8) is 0 Å². The molecular weight excluding hydrogens is 312 g/mol. The van der Waals surface area contributed by atoms with E-state index in [1.165, 1.54) is 56.1 Å². The van der Waals surface area contributed by atoms with Crippen LogP contribution >= 0.6 is 12.6 Å². The van der Waals surface area contributed by atoms with E-state index in [4.69, 9.17) is 0 Å². The van der Waals surface area contributed by atoms with Gasteiger partial charge < -0.3 is 0 Å². The van der Waals surface area contributed by atoms with Crippen LogP contribution in [0.25, 0.3) is 11.4 Å².